The molecule has 96 valence electrons. The van der Waals surface area contributed by atoms with E-state index in [-0.39, 0.29) is 12.5 Å². The van der Waals surface area contributed by atoms with E-state index in [1.54, 1.807) is 6.08 Å². The molecule has 0 spiro atoms. The van der Waals surface area contributed by atoms with Crippen molar-refractivity contribution in [1.29, 1.82) is 0 Å². The number of benzene rings is 1. The van der Waals surface area contributed by atoms with Gasteiger partial charge in [-0.25, -0.2) is 0 Å². The van der Waals surface area contributed by atoms with E-state index in [4.69, 9.17) is 5.73 Å². The van der Waals surface area contributed by atoms with E-state index in [9.17, 15) is 9.59 Å². The molecule has 4 heteroatoms. The number of rotatable bonds is 5. The molecule has 2 amide bonds. The molecule has 0 atom stereocenters. The van der Waals surface area contributed by atoms with Crippen molar-refractivity contribution in [3.63, 3.8) is 0 Å². The minimum atomic E-state index is -0.557. The predicted octanol–water partition coefficient (Wildman–Crippen LogP) is 1.42. The summed E-state index contributed by atoms with van der Waals surface area (Å²) < 4.78 is 0. The number of hydrogen-bond acceptors (Lipinski definition) is 2. The van der Waals surface area contributed by atoms with Crippen LogP contribution in [0.5, 0.6) is 0 Å². The zero-order chi connectivity index (χ0) is 13.5. The summed E-state index contributed by atoms with van der Waals surface area (Å²) in [6.45, 7) is 4.11. The number of hydrogen-bond donors (Lipinski definition) is 2. The SMILES string of the molecule is CC(C)c1ccc(C=CC(=O)NCC(N)=O)cc1. The van der Waals surface area contributed by atoms with Crippen molar-refractivity contribution in [3.05, 3.63) is 41.5 Å². The molecular weight excluding hydrogens is 228 g/mol. The van der Waals surface area contributed by atoms with Crippen LogP contribution in [0, 0.1) is 0 Å². The lowest BCUT2D eigenvalue weighted by Crippen LogP contribution is -2.32. The fourth-order valence-corrected chi connectivity index (χ4v) is 1.40. The molecule has 0 unspecified atom stereocenters. The first-order valence-electron chi connectivity index (χ1n) is 5.83. The van der Waals surface area contributed by atoms with Gasteiger partial charge in [0.05, 0.1) is 6.54 Å². The third kappa shape index (κ3) is 4.82. The topological polar surface area (TPSA) is 72.2 Å². The summed E-state index contributed by atoms with van der Waals surface area (Å²) in [7, 11) is 0. The minimum Gasteiger partial charge on any atom is -0.368 e. The summed E-state index contributed by atoms with van der Waals surface area (Å²) >= 11 is 0. The fraction of sp³-hybridized carbons (Fsp3) is 0.286. The Morgan fingerprint density at radius 3 is 2.39 bits per heavy atom. The third-order valence-electron chi connectivity index (χ3n) is 2.47. The normalized spacial score (nSPS) is 10.8. The average molecular weight is 246 g/mol. The van der Waals surface area contributed by atoms with Crippen LogP contribution >= 0.6 is 0 Å². The van der Waals surface area contributed by atoms with Gasteiger partial charge in [0.1, 0.15) is 0 Å². The van der Waals surface area contributed by atoms with E-state index in [1.165, 1.54) is 11.6 Å². The molecule has 3 N–H and O–H groups in total. The Morgan fingerprint density at radius 1 is 1.28 bits per heavy atom. The highest BCUT2D eigenvalue weighted by Gasteiger charge is 1.99. The number of amides is 2. The molecule has 4 nitrogen and oxygen atoms in total. The van der Waals surface area contributed by atoms with Crippen LogP contribution in [0.3, 0.4) is 0 Å². The highest BCUT2D eigenvalue weighted by Crippen LogP contribution is 2.15. The Labute approximate surface area is 107 Å². The number of nitrogens with one attached hydrogen (secondary N) is 1. The Balaban J connectivity index is 2.56. The Hall–Kier alpha value is -2.10. The first-order chi connectivity index (χ1) is 8.49. The van der Waals surface area contributed by atoms with Gasteiger partial charge in [-0.15, -0.1) is 0 Å². The monoisotopic (exact) mass is 246 g/mol. The fourth-order valence-electron chi connectivity index (χ4n) is 1.40. The lowest BCUT2D eigenvalue weighted by molar-refractivity contribution is -0.122. The average Bonchev–Trinajstić information content (AvgIpc) is 2.34. The van der Waals surface area contributed by atoms with Gasteiger partial charge in [0.15, 0.2) is 0 Å². The van der Waals surface area contributed by atoms with Crippen molar-refractivity contribution >= 4 is 17.9 Å². The molecule has 1 rings (SSSR count). The van der Waals surface area contributed by atoms with Crippen LogP contribution in [0.15, 0.2) is 30.3 Å². The molecule has 18 heavy (non-hydrogen) atoms. The molecule has 0 aliphatic carbocycles. The highest BCUT2D eigenvalue weighted by atomic mass is 16.2. The van der Waals surface area contributed by atoms with Crippen LogP contribution in [-0.2, 0) is 9.59 Å². The van der Waals surface area contributed by atoms with Crippen LogP contribution in [0.1, 0.15) is 30.9 Å². The van der Waals surface area contributed by atoms with Crippen LogP contribution in [-0.4, -0.2) is 18.4 Å². The van der Waals surface area contributed by atoms with E-state index in [0.29, 0.717) is 5.92 Å². The maximum atomic E-state index is 11.3. The zero-order valence-electron chi connectivity index (χ0n) is 10.6. The first-order valence-corrected chi connectivity index (χ1v) is 5.83. The van der Waals surface area contributed by atoms with Gasteiger partial charge in [0.2, 0.25) is 11.8 Å². The molecule has 1 aromatic rings. The van der Waals surface area contributed by atoms with E-state index in [2.05, 4.69) is 19.2 Å². The molecule has 0 fully saturated rings. The molecule has 0 radical (unpaired) electrons. The minimum absolute atomic E-state index is 0.143. The van der Waals surface area contributed by atoms with Gasteiger partial charge >= 0.3 is 0 Å². The molecule has 0 heterocycles. The smallest absolute Gasteiger partial charge is 0.244 e. The van der Waals surface area contributed by atoms with Crippen molar-refractivity contribution in [2.24, 2.45) is 5.73 Å². The van der Waals surface area contributed by atoms with Crippen molar-refractivity contribution in [1.82, 2.24) is 5.32 Å². The van der Waals surface area contributed by atoms with Gasteiger partial charge < -0.3 is 11.1 Å². The molecule has 0 aliphatic heterocycles. The van der Waals surface area contributed by atoms with Crippen LogP contribution in [0.2, 0.25) is 0 Å². The second-order valence-electron chi connectivity index (χ2n) is 4.34. The molecular formula is C14H18N2O2. The van der Waals surface area contributed by atoms with Gasteiger partial charge in [0.25, 0.3) is 0 Å². The lowest BCUT2D eigenvalue weighted by atomic mass is 10.0. The predicted molar refractivity (Wildman–Crippen MR) is 71.8 cm³/mol. The maximum absolute atomic E-state index is 11.3. The standard InChI is InChI=1S/C14H18N2O2/c1-10(2)12-6-3-11(4-7-12)5-8-14(18)16-9-13(15)17/h3-8,10H,9H2,1-2H3,(H2,15,17)(H,16,18). The van der Waals surface area contributed by atoms with Crippen molar-refractivity contribution in [3.8, 4) is 0 Å². The summed E-state index contributed by atoms with van der Waals surface area (Å²) in [5.74, 6) is -0.401. The number of nitrogens with two attached hydrogens (primary N) is 1. The van der Waals surface area contributed by atoms with Crippen molar-refractivity contribution in [2.45, 2.75) is 19.8 Å². The van der Waals surface area contributed by atoms with E-state index in [1.807, 2.05) is 24.3 Å². The summed E-state index contributed by atoms with van der Waals surface area (Å²) in [6.07, 6.45) is 3.08. The van der Waals surface area contributed by atoms with Crippen molar-refractivity contribution < 1.29 is 9.59 Å². The molecule has 0 aliphatic rings. The number of primary amides is 1. The zero-order valence-corrected chi connectivity index (χ0v) is 10.6. The van der Waals surface area contributed by atoms with Crippen LogP contribution in [0.25, 0.3) is 6.08 Å². The van der Waals surface area contributed by atoms with Gasteiger partial charge in [-0.1, -0.05) is 38.1 Å². The molecule has 0 saturated carbocycles. The maximum Gasteiger partial charge on any atom is 0.244 e. The highest BCUT2D eigenvalue weighted by molar-refractivity contribution is 5.94. The Kier molecular flexibility index (Phi) is 5.11. The van der Waals surface area contributed by atoms with Gasteiger partial charge in [-0.05, 0) is 23.1 Å². The van der Waals surface area contributed by atoms with Crippen LogP contribution < -0.4 is 11.1 Å². The Morgan fingerprint density at radius 2 is 1.89 bits per heavy atom. The quantitative estimate of drug-likeness (QED) is 0.771. The van der Waals surface area contributed by atoms with Gasteiger partial charge in [-0.3, -0.25) is 9.59 Å². The van der Waals surface area contributed by atoms with E-state index < -0.39 is 5.91 Å². The Bertz CT molecular complexity index is 447. The second-order valence-corrected chi connectivity index (χ2v) is 4.34. The van der Waals surface area contributed by atoms with E-state index >= 15 is 0 Å². The summed E-state index contributed by atoms with van der Waals surface area (Å²) in [5.41, 5.74) is 7.11. The van der Waals surface area contributed by atoms with Crippen LogP contribution in [0.4, 0.5) is 0 Å². The van der Waals surface area contributed by atoms with Crippen molar-refractivity contribution in [2.75, 3.05) is 6.54 Å². The lowest BCUT2D eigenvalue weighted by Gasteiger charge is -2.04. The van der Waals surface area contributed by atoms with Gasteiger partial charge in [-0.2, -0.15) is 0 Å². The summed E-state index contributed by atoms with van der Waals surface area (Å²) in [6, 6.07) is 7.97. The summed E-state index contributed by atoms with van der Waals surface area (Å²) in [5, 5.41) is 2.38. The molecule has 0 saturated heterocycles. The molecule has 0 bridgehead atoms. The number of carbonyl (C=O) groups excluding carboxylic acids is 2. The summed E-state index contributed by atoms with van der Waals surface area (Å²) in [4.78, 5) is 21.8. The van der Waals surface area contributed by atoms with Gasteiger partial charge in [0, 0.05) is 6.08 Å². The second kappa shape index (κ2) is 6.59. The number of carbonyl (C=O) groups is 2. The molecule has 1 aromatic carbocycles. The largest absolute Gasteiger partial charge is 0.368 e. The molecule has 0 aromatic heterocycles. The van der Waals surface area contributed by atoms with E-state index in [0.717, 1.165) is 5.56 Å². The first kappa shape index (κ1) is 14.0. The third-order valence-corrected chi connectivity index (χ3v) is 2.47.